The second-order valence-electron chi connectivity index (χ2n) is 3.85. The van der Waals surface area contributed by atoms with Crippen molar-refractivity contribution in [2.45, 2.75) is 32.5 Å². The molecule has 1 fully saturated rings. The zero-order valence-electron chi connectivity index (χ0n) is 9.05. The van der Waals surface area contributed by atoms with E-state index in [4.69, 9.17) is 0 Å². The molecule has 82 valence electrons. The molecule has 0 bridgehead atoms. The third kappa shape index (κ3) is 3.93. The van der Waals surface area contributed by atoms with Gasteiger partial charge in [-0.1, -0.05) is 0 Å². The average molecular weight is 397 g/mol. The summed E-state index contributed by atoms with van der Waals surface area (Å²) < 4.78 is 2.72. The average Bonchev–Trinajstić information content (AvgIpc) is 2.17. The minimum absolute atomic E-state index is 0.754. The fraction of sp³-hybridized carbons (Fsp3) is 0.500. The van der Waals surface area contributed by atoms with Crippen molar-refractivity contribution in [1.82, 2.24) is 0 Å². The van der Waals surface area contributed by atoms with Crippen LogP contribution in [0.1, 0.15) is 20.3 Å². The standard InChI is InChI=1S/C12H16Se3/c1-9-8-10(2)14-12(13-9)15-11-6-4-3-5-7-11/h3-7,9-10,12H,8H2,1-2H3/t9-,10+,12?. The van der Waals surface area contributed by atoms with Crippen molar-refractivity contribution >= 4 is 49.3 Å². The quantitative estimate of drug-likeness (QED) is 0.672. The number of hydrogen-bond acceptors (Lipinski definition) is 0. The van der Waals surface area contributed by atoms with Gasteiger partial charge in [0.1, 0.15) is 0 Å². The summed E-state index contributed by atoms with van der Waals surface area (Å²) in [5.41, 5.74) is 0. The van der Waals surface area contributed by atoms with E-state index < -0.39 is 0 Å². The topological polar surface area (TPSA) is 0 Å². The Labute approximate surface area is 111 Å². The van der Waals surface area contributed by atoms with Gasteiger partial charge in [0.15, 0.2) is 0 Å². The zero-order valence-corrected chi connectivity index (χ0v) is 14.2. The Balaban J connectivity index is 1.94. The summed E-state index contributed by atoms with van der Waals surface area (Å²) in [6.45, 7) is 4.92. The van der Waals surface area contributed by atoms with E-state index in [0.717, 1.165) is 57.1 Å². The van der Waals surface area contributed by atoms with E-state index in [9.17, 15) is 0 Å². The molecule has 1 unspecified atom stereocenters. The molecule has 0 N–H and O–H groups in total. The Morgan fingerprint density at radius 3 is 2.27 bits per heavy atom. The van der Waals surface area contributed by atoms with Crippen molar-refractivity contribution in [3.05, 3.63) is 30.3 Å². The van der Waals surface area contributed by atoms with Gasteiger partial charge in [0.25, 0.3) is 0 Å². The Hall–Kier alpha value is 0.778. The fourth-order valence-electron chi connectivity index (χ4n) is 1.66. The van der Waals surface area contributed by atoms with Gasteiger partial charge in [-0.05, 0) is 0 Å². The van der Waals surface area contributed by atoms with Crippen molar-refractivity contribution in [3.63, 3.8) is 0 Å². The summed E-state index contributed by atoms with van der Waals surface area (Å²) in [5, 5.41) is 0. The van der Waals surface area contributed by atoms with Crippen LogP contribution in [0.15, 0.2) is 30.3 Å². The van der Waals surface area contributed by atoms with Gasteiger partial charge in [0.05, 0.1) is 0 Å². The molecule has 1 aromatic carbocycles. The molecule has 3 atom stereocenters. The Kier molecular flexibility index (Phi) is 4.83. The maximum absolute atomic E-state index is 2.46. The SMILES string of the molecule is C[C@@H]1C[C@H](C)[Se]C([Se]c2ccccc2)[Se]1. The molecule has 1 saturated heterocycles. The van der Waals surface area contributed by atoms with Crippen LogP contribution in [0.25, 0.3) is 0 Å². The molecule has 1 aromatic rings. The van der Waals surface area contributed by atoms with Crippen LogP contribution < -0.4 is 4.46 Å². The molecule has 1 heterocycles. The summed E-state index contributed by atoms with van der Waals surface area (Å²) >= 11 is 2.59. The predicted octanol–water partition coefficient (Wildman–Crippen LogP) is 2.15. The third-order valence-corrected chi connectivity index (χ3v) is 14.5. The van der Waals surface area contributed by atoms with Gasteiger partial charge >= 0.3 is 112 Å². The molecule has 0 saturated carbocycles. The van der Waals surface area contributed by atoms with Crippen molar-refractivity contribution in [3.8, 4) is 0 Å². The molecule has 2 rings (SSSR count). The second-order valence-corrected chi connectivity index (χ2v) is 17.4. The summed E-state index contributed by atoms with van der Waals surface area (Å²) in [6, 6.07) is 11.1. The summed E-state index contributed by atoms with van der Waals surface area (Å²) in [5.74, 6) is 0. The van der Waals surface area contributed by atoms with Crippen LogP contribution in [-0.4, -0.2) is 44.9 Å². The van der Waals surface area contributed by atoms with Crippen molar-refractivity contribution in [1.29, 1.82) is 0 Å². The molecule has 0 radical (unpaired) electrons. The first-order valence-electron chi connectivity index (χ1n) is 5.26. The molecular weight excluding hydrogens is 381 g/mol. The van der Waals surface area contributed by atoms with E-state index in [2.05, 4.69) is 44.2 Å². The first kappa shape index (κ1) is 12.2. The van der Waals surface area contributed by atoms with Gasteiger partial charge in [0.2, 0.25) is 0 Å². The van der Waals surface area contributed by atoms with Crippen LogP contribution in [0.5, 0.6) is 0 Å². The van der Waals surface area contributed by atoms with E-state index in [1.165, 1.54) is 6.42 Å². The Bertz CT molecular complexity index is 289. The van der Waals surface area contributed by atoms with Crippen molar-refractivity contribution in [2.24, 2.45) is 0 Å². The van der Waals surface area contributed by atoms with Crippen molar-refractivity contribution < 1.29 is 0 Å². The monoisotopic (exact) mass is 400 g/mol. The van der Waals surface area contributed by atoms with Crippen LogP contribution in [0.3, 0.4) is 0 Å². The van der Waals surface area contributed by atoms with Crippen LogP contribution in [0.4, 0.5) is 0 Å². The van der Waals surface area contributed by atoms with E-state index >= 15 is 0 Å². The Morgan fingerprint density at radius 2 is 1.67 bits per heavy atom. The molecule has 1 aliphatic heterocycles. The summed E-state index contributed by atoms with van der Waals surface area (Å²) in [4.78, 5) is 2.05. The van der Waals surface area contributed by atoms with Gasteiger partial charge in [-0.2, -0.15) is 0 Å². The van der Waals surface area contributed by atoms with Crippen LogP contribution in [0.2, 0.25) is 12.2 Å². The van der Waals surface area contributed by atoms with Crippen LogP contribution in [0, 0.1) is 0 Å². The predicted molar refractivity (Wildman–Crippen MR) is 70.6 cm³/mol. The number of rotatable bonds is 2. The first-order valence-corrected chi connectivity index (χ1v) is 11.1. The van der Waals surface area contributed by atoms with Gasteiger partial charge in [0, 0.05) is 0 Å². The molecule has 0 aliphatic carbocycles. The van der Waals surface area contributed by atoms with E-state index in [1.54, 1.807) is 4.46 Å². The van der Waals surface area contributed by atoms with E-state index in [1.807, 2.05) is 0 Å². The number of hydrogen-bond donors (Lipinski definition) is 0. The van der Waals surface area contributed by atoms with Gasteiger partial charge < -0.3 is 0 Å². The zero-order chi connectivity index (χ0) is 10.7. The third-order valence-electron chi connectivity index (χ3n) is 2.33. The summed E-state index contributed by atoms with van der Waals surface area (Å²) in [6.07, 6.45) is 1.50. The van der Waals surface area contributed by atoms with Crippen LogP contribution in [-0.2, 0) is 0 Å². The molecule has 1 aliphatic rings. The molecule has 0 amide bonds. The fourth-order valence-corrected chi connectivity index (χ4v) is 19.6. The normalized spacial score (nSPS) is 31.5. The number of benzene rings is 1. The molecule has 0 nitrogen and oxygen atoms in total. The Morgan fingerprint density at radius 1 is 1.07 bits per heavy atom. The molecular formula is C12H16Se3. The minimum atomic E-state index is 0.754. The molecule has 15 heavy (non-hydrogen) atoms. The van der Waals surface area contributed by atoms with Gasteiger partial charge in [-0.25, -0.2) is 0 Å². The van der Waals surface area contributed by atoms with Crippen molar-refractivity contribution in [2.75, 3.05) is 0 Å². The van der Waals surface area contributed by atoms with E-state index in [-0.39, 0.29) is 0 Å². The summed E-state index contributed by atoms with van der Waals surface area (Å²) in [7, 11) is 0. The first-order chi connectivity index (χ1) is 7.24. The maximum atomic E-state index is 2.46. The van der Waals surface area contributed by atoms with Gasteiger partial charge in [-0.15, -0.1) is 0 Å². The van der Waals surface area contributed by atoms with Gasteiger partial charge in [-0.3, -0.25) is 0 Å². The molecule has 3 heteroatoms. The molecule has 0 spiro atoms. The van der Waals surface area contributed by atoms with E-state index in [0.29, 0.717) is 0 Å². The van der Waals surface area contributed by atoms with Crippen LogP contribution >= 0.6 is 0 Å². The second kappa shape index (κ2) is 5.92. The molecule has 0 aromatic heterocycles.